The predicted molar refractivity (Wildman–Crippen MR) is 63.6 cm³/mol. The Labute approximate surface area is 107 Å². The number of rotatable bonds is 2. The standard InChI is InChI=1S/C10H5Cl3N2O/c11-7-2-1-6(3-8(7)12)16-10-4-9(13)14-5-15-10/h1-5H. The van der Waals surface area contributed by atoms with Crippen LogP contribution in [0.4, 0.5) is 0 Å². The number of ether oxygens (including phenoxy) is 1. The molecular formula is C10H5Cl3N2O. The Morgan fingerprint density at radius 3 is 2.44 bits per heavy atom. The van der Waals surface area contributed by atoms with Crippen molar-refractivity contribution in [1.82, 2.24) is 9.97 Å². The highest BCUT2D eigenvalue weighted by Crippen LogP contribution is 2.28. The van der Waals surface area contributed by atoms with E-state index >= 15 is 0 Å². The van der Waals surface area contributed by atoms with Crippen LogP contribution in [-0.4, -0.2) is 9.97 Å². The topological polar surface area (TPSA) is 35.0 Å². The summed E-state index contributed by atoms with van der Waals surface area (Å²) in [5.41, 5.74) is 0. The maximum absolute atomic E-state index is 5.84. The number of nitrogens with zero attached hydrogens (tertiary/aromatic N) is 2. The van der Waals surface area contributed by atoms with Crippen LogP contribution in [0.5, 0.6) is 11.6 Å². The van der Waals surface area contributed by atoms with E-state index in [4.69, 9.17) is 39.5 Å². The van der Waals surface area contributed by atoms with Crippen LogP contribution in [0.2, 0.25) is 15.2 Å². The number of halogens is 3. The van der Waals surface area contributed by atoms with Gasteiger partial charge in [0.05, 0.1) is 10.0 Å². The number of benzene rings is 1. The van der Waals surface area contributed by atoms with Gasteiger partial charge in [0.2, 0.25) is 5.88 Å². The zero-order chi connectivity index (χ0) is 11.5. The molecular weight excluding hydrogens is 270 g/mol. The molecule has 0 aliphatic heterocycles. The third-order valence-corrected chi connectivity index (χ3v) is 2.67. The molecule has 0 atom stereocenters. The molecule has 0 saturated carbocycles. The molecule has 0 fully saturated rings. The molecule has 0 aliphatic carbocycles. The van der Waals surface area contributed by atoms with Crippen LogP contribution >= 0.6 is 34.8 Å². The fraction of sp³-hybridized carbons (Fsp3) is 0. The summed E-state index contributed by atoms with van der Waals surface area (Å²) in [5.74, 6) is 0.877. The second kappa shape index (κ2) is 4.87. The lowest BCUT2D eigenvalue weighted by Gasteiger charge is -2.05. The van der Waals surface area contributed by atoms with Crippen LogP contribution in [0.15, 0.2) is 30.6 Å². The van der Waals surface area contributed by atoms with E-state index in [-0.39, 0.29) is 0 Å². The molecule has 0 N–H and O–H groups in total. The molecule has 0 amide bonds. The van der Waals surface area contributed by atoms with Crippen molar-refractivity contribution in [2.45, 2.75) is 0 Å². The van der Waals surface area contributed by atoms with E-state index in [1.807, 2.05) is 0 Å². The van der Waals surface area contributed by atoms with E-state index in [0.29, 0.717) is 26.8 Å². The largest absolute Gasteiger partial charge is 0.439 e. The average molecular weight is 276 g/mol. The van der Waals surface area contributed by atoms with E-state index in [1.54, 1.807) is 18.2 Å². The average Bonchev–Trinajstić information content (AvgIpc) is 2.24. The Morgan fingerprint density at radius 1 is 0.938 bits per heavy atom. The number of hydrogen-bond acceptors (Lipinski definition) is 3. The quantitative estimate of drug-likeness (QED) is 0.769. The minimum atomic E-state index is 0.310. The van der Waals surface area contributed by atoms with Gasteiger partial charge in [0, 0.05) is 12.1 Å². The molecule has 6 heteroatoms. The summed E-state index contributed by atoms with van der Waals surface area (Å²) in [5, 5.41) is 1.19. The smallest absolute Gasteiger partial charge is 0.223 e. The van der Waals surface area contributed by atoms with Crippen LogP contribution in [0.1, 0.15) is 0 Å². The summed E-state index contributed by atoms with van der Waals surface area (Å²) in [6.45, 7) is 0. The molecule has 2 aromatic rings. The first-order chi connectivity index (χ1) is 7.65. The maximum atomic E-state index is 5.84. The van der Waals surface area contributed by atoms with Crippen molar-refractivity contribution in [1.29, 1.82) is 0 Å². The Kier molecular flexibility index (Phi) is 3.49. The predicted octanol–water partition coefficient (Wildman–Crippen LogP) is 4.23. The molecule has 82 valence electrons. The molecule has 0 aliphatic rings. The Hall–Kier alpha value is -1.03. The third kappa shape index (κ3) is 2.76. The minimum absolute atomic E-state index is 0.310. The first kappa shape index (κ1) is 11.5. The monoisotopic (exact) mass is 274 g/mol. The van der Waals surface area contributed by atoms with Crippen LogP contribution in [0, 0.1) is 0 Å². The molecule has 1 aromatic carbocycles. The van der Waals surface area contributed by atoms with Gasteiger partial charge >= 0.3 is 0 Å². The van der Waals surface area contributed by atoms with Crippen molar-refractivity contribution in [2.75, 3.05) is 0 Å². The Morgan fingerprint density at radius 2 is 1.75 bits per heavy atom. The van der Waals surface area contributed by atoms with E-state index in [1.165, 1.54) is 12.4 Å². The zero-order valence-electron chi connectivity index (χ0n) is 7.82. The third-order valence-electron chi connectivity index (χ3n) is 1.72. The van der Waals surface area contributed by atoms with Crippen LogP contribution in [-0.2, 0) is 0 Å². The molecule has 1 aromatic heterocycles. The summed E-state index contributed by atoms with van der Waals surface area (Å²) >= 11 is 17.3. The van der Waals surface area contributed by atoms with Crippen LogP contribution in [0.3, 0.4) is 0 Å². The summed E-state index contributed by atoms with van der Waals surface area (Å²) in [6, 6.07) is 6.43. The Balaban J connectivity index is 2.24. The molecule has 3 nitrogen and oxygen atoms in total. The summed E-state index contributed by atoms with van der Waals surface area (Å²) < 4.78 is 5.42. The van der Waals surface area contributed by atoms with E-state index < -0.39 is 0 Å². The molecule has 0 bridgehead atoms. The molecule has 0 unspecified atom stereocenters. The second-order valence-electron chi connectivity index (χ2n) is 2.86. The molecule has 0 spiro atoms. The van der Waals surface area contributed by atoms with Crippen LogP contribution in [0.25, 0.3) is 0 Å². The van der Waals surface area contributed by atoms with Gasteiger partial charge in [0.25, 0.3) is 0 Å². The molecule has 1 heterocycles. The van der Waals surface area contributed by atoms with E-state index in [0.717, 1.165) is 0 Å². The van der Waals surface area contributed by atoms with Gasteiger partial charge in [-0.3, -0.25) is 0 Å². The highest BCUT2D eigenvalue weighted by molar-refractivity contribution is 6.42. The fourth-order valence-electron chi connectivity index (χ4n) is 1.03. The summed E-state index contributed by atoms with van der Waals surface area (Å²) in [6.07, 6.45) is 1.31. The summed E-state index contributed by atoms with van der Waals surface area (Å²) in [7, 11) is 0. The minimum Gasteiger partial charge on any atom is -0.439 e. The maximum Gasteiger partial charge on any atom is 0.223 e. The van der Waals surface area contributed by atoms with E-state index in [2.05, 4.69) is 9.97 Å². The Bertz CT molecular complexity index is 519. The van der Waals surface area contributed by atoms with Crippen molar-refractivity contribution < 1.29 is 4.74 Å². The first-order valence-electron chi connectivity index (χ1n) is 4.25. The zero-order valence-corrected chi connectivity index (χ0v) is 10.1. The number of hydrogen-bond donors (Lipinski definition) is 0. The SMILES string of the molecule is Clc1cc(Oc2ccc(Cl)c(Cl)c2)ncn1. The van der Waals surface area contributed by atoms with Gasteiger partial charge < -0.3 is 4.74 Å². The van der Waals surface area contributed by atoms with Gasteiger partial charge in [-0.1, -0.05) is 34.8 Å². The van der Waals surface area contributed by atoms with Gasteiger partial charge in [0.1, 0.15) is 17.2 Å². The molecule has 2 rings (SSSR count). The fourth-order valence-corrected chi connectivity index (χ4v) is 1.46. The van der Waals surface area contributed by atoms with Crippen molar-refractivity contribution in [3.63, 3.8) is 0 Å². The van der Waals surface area contributed by atoms with Gasteiger partial charge in [-0.15, -0.1) is 0 Å². The van der Waals surface area contributed by atoms with Crippen LogP contribution < -0.4 is 4.74 Å². The summed E-state index contributed by atoms with van der Waals surface area (Å²) in [4.78, 5) is 7.63. The highest BCUT2D eigenvalue weighted by atomic mass is 35.5. The van der Waals surface area contributed by atoms with E-state index in [9.17, 15) is 0 Å². The molecule has 0 radical (unpaired) electrons. The van der Waals surface area contributed by atoms with Crippen molar-refractivity contribution >= 4 is 34.8 Å². The normalized spacial score (nSPS) is 10.2. The molecule has 16 heavy (non-hydrogen) atoms. The van der Waals surface area contributed by atoms with Gasteiger partial charge in [-0.25, -0.2) is 9.97 Å². The lowest BCUT2D eigenvalue weighted by molar-refractivity contribution is 0.461. The molecule has 0 saturated heterocycles. The highest BCUT2D eigenvalue weighted by Gasteiger charge is 2.03. The number of aromatic nitrogens is 2. The van der Waals surface area contributed by atoms with Crippen molar-refractivity contribution in [3.8, 4) is 11.6 Å². The first-order valence-corrected chi connectivity index (χ1v) is 5.39. The van der Waals surface area contributed by atoms with Gasteiger partial charge in [0.15, 0.2) is 0 Å². The van der Waals surface area contributed by atoms with Crippen molar-refractivity contribution in [3.05, 3.63) is 45.8 Å². The van der Waals surface area contributed by atoms with Crippen molar-refractivity contribution in [2.24, 2.45) is 0 Å². The lowest BCUT2D eigenvalue weighted by atomic mass is 10.3. The van der Waals surface area contributed by atoms with Gasteiger partial charge in [-0.05, 0) is 12.1 Å². The second-order valence-corrected chi connectivity index (χ2v) is 4.06. The lowest BCUT2D eigenvalue weighted by Crippen LogP contribution is -1.88. The van der Waals surface area contributed by atoms with Gasteiger partial charge in [-0.2, -0.15) is 0 Å².